The summed E-state index contributed by atoms with van der Waals surface area (Å²) in [5, 5.41) is 20.4. The van der Waals surface area contributed by atoms with Crippen molar-refractivity contribution in [2.24, 2.45) is 5.73 Å². The van der Waals surface area contributed by atoms with Gasteiger partial charge in [-0.2, -0.15) is 13.2 Å². The minimum atomic E-state index is -4.48. The van der Waals surface area contributed by atoms with E-state index in [0.717, 1.165) is 29.5 Å². The number of likely N-dealkylation sites (N-methyl/N-ethyl adjacent to an activating group) is 1. The number of aliphatic hydroxyl groups excluding tert-OH is 1. The number of carbonyl (C=O) groups is 2. The van der Waals surface area contributed by atoms with Crippen molar-refractivity contribution in [2.45, 2.75) is 145 Å². The molecule has 4 rings (SSSR count). The zero-order valence-corrected chi connectivity index (χ0v) is 36.5. The van der Waals surface area contributed by atoms with E-state index in [9.17, 15) is 27.9 Å². The third kappa shape index (κ3) is 13.2. The Balaban J connectivity index is 0.00000115. The van der Waals surface area contributed by atoms with Crippen LogP contribution in [0.25, 0.3) is 0 Å². The number of benzene rings is 1. The number of rotatable bonds is 7. The summed E-state index contributed by atoms with van der Waals surface area (Å²) in [6.45, 7) is 31.1. The number of nitrogens with one attached hydrogen (secondary N) is 4. The number of halogens is 3. The van der Waals surface area contributed by atoms with E-state index in [-0.39, 0.29) is 22.9 Å². The number of hydrogen-bond acceptors (Lipinski definition) is 6. The Morgan fingerprint density at radius 1 is 1.14 bits per heavy atom. The normalized spacial score (nSPS) is 22.3. The summed E-state index contributed by atoms with van der Waals surface area (Å²) in [6, 6.07) is 5.17. The number of hydrogen-bond donors (Lipinski definition) is 6. The quantitative estimate of drug-likeness (QED) is 0.0839. The molecule has 3 aliphatic rings. The molecule has 1 aromatic carbocycles. The van der Waals surface area contributed by atoms with Crippen LogP contribution in [0.4, 0.5) is 13.2 Å². The molecule has 0 spiro atoms. The van der Waals surface area contributed by atoms with Gasteiger partial charge in [0.15, 0.2) is 0 Å². The molecule has 0 radical (unpaired) electrons. The monoisotopic (exact) mass is 794 g/mol. The smallest absolute Gasteiger partial charge is 0.416 e. The molecule has 1 aromatic rings. The van der Waals surface area contributed by atoms with E-state index in [1.54, 1.807) is 6.07 Å². The number of amides is 2. The number of ether oxygens (including phenoxy) is 1. The van der Waals surface area contributed by atoms with E-state index in [2.05, 4.69) is 74.0 Å². The molecule has 2 saturated heterocycles. The molecule has 2 amide bonds. The van der Waals surface area contributed by atoms with Crippen LogP contribution < -0.4 is 31.4 Å². The molecule has 0 saturated carbocycles. The summed E-state index contributed by atoms with van der Waals surface area (Å²) in [4.78, 5) is 30.0. The van der Waals surface area contributed by atoms with Crippen LogP contribution in [0.15, 0.2) is 65.5 Å². The first-order chi connectivity index (χ1) is 26.2. The van der Waals surface area contributed by atoms with Gasteiger partial charge in [0.25, 0.3) is 5.91 Å². The second-order valence-electron chi connectivity index (χ2n) is 14.2. The summed E-state index contributed by atoms with van der Waals surface area (Å²) in [5.41, 5.74) is 7.01. The molecule has 13 heteroatoms. The van der Waals surface area contributed by atoms with Gasteiger partial charge in [0.1, 0.15) is 29.3 Å². The van der Waals surface area contributed by atoms with Gasteiger partial charge < -0.3 is 30.7 Å². The van der Waals surface area contributed by atoms with Gasteiger partial charge in [0.2, 0.25) is 11.7 Å². The zero-order valence-electron chi connectivity index (χ0n) is 36.5. The molecule has 7 N–H and O–H groups in total. The summed E-state index contributed by atoms with van der Waals surface area (Å²) in [6.07, 6.45) is 0.414. The van der Waals surface area contributed by atoms with Crippen LogP contribution in [0.5, 0.6) is 5.75 Å². The van der Waals surface area contributed by atoms with Gasteiger partial charge in [0.05, 0.1) is 30.3 Å². The molecule has 10 nitrogen and oxygen atoms in total. The number of carbonyl (C=O) groups excluding carboxylic acids is 2. The van der Waals surface area contributed by atoms with Crippen LogP contribution in [0, 0.1) is 0 Å². The first kappa shape index (κ1) is 51.7. The summed E-state index contributed by atoms with van der Waals surface area (Å²) < 4.78 is 43.0. The summed E-state index contributed by atoms with van der Waals surface area (Å²) in [5.74, 6) is 1.47. The number of aliphatic hydroxyl groups is 1. The van der Waals surface area contributed by atoms with Gasteiger partial charge in [-0.05, 0) is 57.2 Å². The van der Waals surface area contributed by atoms with Crippen molar-refractivity contribution in [3.63, 3.8) is 0 Å². The largest absolute Gasteiger partial charge is 0.492 e. The van der Waals surface area contributed by atoms with Crippen LogP contribution >= 0.6 is 0 Å². The first-order valence-corrected chi connectivity index (χ1v) is 19.9. The average molecular weight is 794 g/mol. The molecule has 3 heterocycles. The van der Waals surface area contributed by atoms with Crippen molar-refractivity contribution < 1.29 is 37.6 Å². The average Bonchev–Trinajstić information content (AvgIpc) is 3.41. The van der Waals surface area contributed by atoms with E-state index in [0.29, 0.717) is 49.3 Å². The van der Waals surface area contributed by atoms with E-state index in [1.807, 2.05) is 53.7 Å². The van der Waals surface area contributed by atoms with Crippen molar-refractivity contribution in [3.05, 3.63) is 76.7 Å². The van der Waals surface area contributed by atoms with Crippen molar-refractivity contribution in [1.29, 1.82) is 0 Å². The number of para-hydroxylation sites is 1. The van der Waals surface area contributed by atoms with Crippen molar-refractivity contribution >= 4 is 17.6 Å². The van der Waals surface area contributed by atoms with Crippen LogP contribution in [-0.2, 0) is 10.2 Å². The lowest BCUT2D eigenvalue weighted by atomic mass is 9.79. The second kappa shape index (κ2) is 23.7. The highest BCUT2D eigenvalue weighted by atomic mass is 19.4. The van der Waals surface area contributed by atoms with Gasteiger partial charge in [-0.1, -0.05) is 99.6 Å². The Morgan fingerprint density at radius 2 is 1.73 bits per heavy atom. The fourth-order valence-electron chi connectivity index (χ4n) is 6.39. The molecule has 0 bridgehead atoms. The van der Waals surface area contributed by atoms with E-state index < -0.39 is 35.3 Å². The predicted molar refractivity (Wildman–Crippen MR) is 223 cm³/mol. The Labute approximate surface area is 335 Å². The van der Waals surface area contributed by atoms with Crippen LogP contribution in [0.1, 0.15) is 125 Å². The maximum atomic E-state index is 13.5. The zero-order chi connectivity index (χ0) is 43.6. The number of fused-ring (bicyclic) bond motifs is 2. The van der Waals surface area contributed by atoms with E-state index in [1.165, 1.54) is 26.5 Å². The highest BCUT2D eigenvalue weighted by molar-refractivity contribution is 5.98. The minimum Gasteiger partial charge on any atom is -0.492 e. The van der Waals surface area contributed by atoms with Crippen molar-refractivity contribution in [2.75, 3.05) is 26.7 Å². The van der Waals surface area contributed by atoms with Crippen LogP contribution in [0.2, 0.25) is 0 Å². The standard InChI is InChI=1S/C26H39N5O3.C10H12F3NO.C3H8.2C2H6/c1-7-20(27)30-19-13-28-23(15(2)3)31-14-18(22(32)26(19,31)6)29-24(33)16-9-8-10-17-21(16)34-12-11-25(17,4)5;1-4-5-8(10(11,12)13)6-7(2)9(15)14-3;1-3-2;2*1-2/h8-10,18-19,22,28,32H,7,11-14H2,1-6H3,(H2,27,30)(H,29,33);4-6H,2H2,1,3H3,(H,14,15);3H2,1-2H3;2*1-2H3/p+1/b;5-4-,8-6+;;;. The fourth-order valence-corrected chi connectivity index (χ4v) is 6.39. The second-order valence-corrected chi connectivity index (χ2v) is 14.2. The van der Waals surface area contributed by atoms with Crippen LogP contribution in [-0.4, -0.2) is 84.3 Å². The lowest BCUT2D eigenvalue weighted by Gasteiger charge is -2.47. The summed E-state index contributed by atoms with van der Waals surface area (Å²) in [7, 11) is 1.32. The first-order valence-electron chi connectivity index (χ1n) is 19.9. The van der Waals surface area contributed by atoms with E-state index >= 15 is 0 Å². The number of nitrogens with zero attached hydrogens (tertiary/aromatic N) is 1. The minimum absolute atomic E-state index is 0.0521. The van der Waals surface area contributed by atoms with Gasteiger partial charge in [-0.3, -0.25) is 20.3 Å². The number of alkyl halides is 3. The molecule has 4 unspecified atom stereocenters. The van der Waals surface area contributed by atoms with Crippen molar-refractivity contribution in [3.8, 4) is 5.75 Å². The Hall–Kier alpha value is -4.26. The third-order valence-electron chi connectivity index (χ3n) is 9.40. The Morgan fingerprint density at radius 3 is 2.23 bits per heavy atom. The summed E-state index contributed by atoms with van der Waals surface area (Å²) >= 11 is 0. The molecule has 0 aliphatic carbocycles. The van der Waals surface area contributed by atoms with Crippen molar-refractivity contribution in [1.82, 2.24) is 20.9 Å². The molecule has 4 atom stereocenters. The highest BCUT2D eigenvalue weighted by Gasteiger charge is 2.59. The van der Waals surface area contributed by atoms with Gasteiger partial charge >= 0.3 is 6.18 Å². The molecule has 56 heavy (non-hydrogen) atoms. The fraction of sp³-hybridized carbons (Fsp3) is 0.605. The Bertz CT molecular complexity index is 1560. The maximum Gasteiger partial charge on any atom is 0.416 e. The number of nitrogens with two attached hydrogens (primary N) is 1. The van der Waals surface area contributed by atoms with E-state index in [4.69, 9.17) is 10.5 Å². The lowest BCUT2D eigenvalue weighted by Crippen LogP contribution is -2.92. The highest BCUT2D eigenvalue weighted by Crippen LogP contribution is 2.41. The molecular weight excluding hydrogens is 722 g/mol. The molecule has 318 valence electrons. The molecule has 2 fully saturated rings. The maximum absolute atomic E-state index is 13.5. The number of amidine groups is 1. The predicted octanol–water partition coefficient (Wildman–Crippen LogP) is 6.17. The third-order valence-corrected chi connectivity index (χ3v) is 9.40. The van der Waals surface area contributed by atoms with Gasteiger partial charge in [-0.15, -0.1) is 0 Å². The van der Waals surface area contributed by atoms with Crippen LogP contribution in [0.3, 0.4) is 0 Å². The molecule has 0 aromatic heterocycles. The van der Waals surface area contributed by atoms with Gasteiger partial charge in [-0.25, -0.2) is 0 Å². The molecular formula is C43H72F3N6O4+. The SMILES string of the molecule is C=C(/C=C(\C=C/C)C(F)(F)F)C(=O)NC.CC.CC.CCC.CCC(N)=[NH+]C1CNC(=C(C)C)N2CC(NC(=O)c3cccc4c3OCCC4(C)C)C(O)C12C. The lowest BCUT2D eigenvalue weighted by molar-refractivity contribution is -0.525. The topological polar surface area (TPSA) is 143 Å². The Kier molecular flexibility index (Phi) is 21.9. The number of allylic oxidation sites excluding steroid dienone is 4. The molecule has 3 aliphatic heterocycles. The van der Waals surface area contributed by atoms with Gasteiger partial charge in [0, 0.05) is 31.1 Å².